The van der Waals surface area contributed by atoms with E-state index in [4.69, 9.17) is 4.52 Å². The topological polar surface area (TPSA) is 67.0 Å². The highest BCUT2D eigenvalue weighted by molar-refractivity contribution is 9.12. The Balaban J connectivity index is 1.96. The second-order valence-electron chi connectivity index (χ2n) is 5.58. The summed E-state index contributed by atoms with van der Waals surface area (Å²) in [5.41, 5.74) is 1.88. The lowest BCUT2D eigenvalue weighted by atomic mass is 10.1. The van der Waals surface area contributed by atoms with Gasteiger partial charge in [-0.3, -0.25) is 9.32 Å². The number of aryl methyl sites for hydroxylation is 1. The molecule has 1 aromatic heterocycles. The van der Waals surface area contributed by atoms with Crippen molar-refractivity contribution >= 4 is 37.6 Å². The van der Waals surface area contributed by atoms with Crippen LogP contribution in [0.1, 0.15) is 26.4 Å². The number of rotatable bonds is 5. The molecule has 7 heteroatoms. The second-order valence-corrected chi connectivity index (χ2v) is 7.55. The molecule has 0 fully saturated rings. The molecule has 3 rings (SSSR count). The van der Waals surface area contributed by atoms with Crippen LogP contribution in [-0.2, 0) is 0 Å². The summed E-state index contributed by atoms with van der Waals surface area (Å²) in [6.45, 7) is 1.96. The highest BCUT2D eigenvalue weighted by Gasteiger charge is 2.38. The minimum atomic E-state index is -0.706. The largest absolute Gasteiger partial charge is 0.438 e. The van der Waals surface area contributed by atoms with Crippen LogP contribution in [0.25, 0.3) is 5.69 Å². The maximum Gasteiger partial charge on any atom is 0.438 e. The monoisotopic (exact) mass is 465 g/mol. The van der Waals surface area contributed by atoms with Crippen molar-refractivity contribution in [1.82, 2.24) is 5.27 Å². The molecule has 2 atom stereocenters. The predicted molar refractivity (Wildman–Crippen MR) is 101 cm³/mol. The van der Waals surface area contributed by atoms with Gasteiger partial charge in [0.1, 0.15) is 4.83 Å². The van der Waals surface area contributed by atoms with Gasteiger partial charge in [-0.15, -0.1) is 0 Å². The fourth-order valence-electron chi connectivity index (χ4n) is 2.43. The first kappa shape index (κ1) is 17.8. The Kier molecular flexibility index (Phi) is 5.34. The summed E-state index contributed by atoms with van der Waals surface area (Å²) in [7, 11) is 0. The highest BCUT2D eigenvalue weighted by atomic mass is 79.9. The minimum Gasteiger partial charge on any atom is -0.286 e. The van der Waals surface area contributed by atoms with Gasteiger partial charge in [-0.25, -0.2) is 4.79 Å². The maximum absolute atomic E-state index is 12.9. The van der Waals surface area contributed by atoms with E-state index in [1.165, 1.54) is 4.68 Å². The first-order valence-corrected chi connectivity index (χ1v) is 9.40. The van der Waals surface area contributed by atoms with Crippen LogP contribution in [0.3, 0.4) is 0 Å². The van der Waals surface area contributed by atoms with Gasteiger partial charge < -0.3 is 0 Å². The summed E-state index contributed by atoms with van der Waals surface area (Å²) < 4.78 is 6.23. The number of hydrogen-bond acceptors (Lipinski definition) is 3. The van der Waals surface area contributed by atoms with Crippen molar-refractivity contribution in [3.8, 4) is 5.69 Å². The fraction of sp³-hybridized carbons (Fsp3) is 0.167. The zero-order valence-electron chi connectivity index (χ0n) is 13.3. The van der Waals surface area contributed by atoms with Gasteiger partial charge in [0.05, 0.1) is 4.83 Å². The molecule has 1 N–H and O–H groups in total. The third-order valence-corrected chi connectivity index (χ3v) is 6.51. The Morgan fingerprint density at radius 1 is 1.08 bits per heavy atom. The molecule has 0 aliphatic rings. The molecule has 0 bridgehead atoms. The Morgan fingerprint density at radius 2 is 1.72 bits per heavy atom. The average Bonchev–Trinajstić information content (AvgIpc) is 3.02. The van der Waals surface area contributed by atoms with E-state index in [2.05, 4.69) is 37.1 Å². The lowest BCUT2D eigenvalue weighted by Crippen LogP contribution is -2.43. The number of hydrogen-bond donors (Lipinski definition) is 1. The van der Waals surface area contributed by atoms with Crippen LogP contribution in [0.2, 0.25) is 0 Å². The minimum absolute atomic E-state index is 0.0638. The first-order chi connectivity index (χ1) is 12.0. The number of ketones is 1. The lowest BCUT2D eigenvalue weighted by Gasteiger charge is -2.13. The number of nitrogens with zero attached hydrogens (tertiary/aromatic N) is 1. The van der Waals surface area contributed by atoms with E-state index < -0.39 is 10.5 Å². The van der Waals surface area contributed by atoms with Crippen molar-refractivity contribution in [2.75, 3.05) is 0 Å². The Morgan fingerprint density at radius 3 is 2.36 bits per heavy atom. The number of alkyl halides is 2. The molecule has 128 valence electrons. The molecule has 0 saturated carbocycles. The molecule has 0 spiro atoms. The van der Waals surface area contributed by atoms with E-state index in [9.17, 15) is 9.59 Å². The Labute approximate surface area is 160 Å². The zero-order chi connectivity index (χ0) is 18.0. The molecule has 0 radical (unpaired) electrons. The van der Waals surface area contributed by atoms with Crippen LogP contribution in [0, 0.1) is 6.92 Å². The van der Waals surface area contributed by atoms with Gasteiger partial charge in [-0.2, -0.15) is 0 Å². The summed E-state index contributed by atoms with van der Waals surface area (Å²) in [6, 6.07) is 16.9. The van der Waals surface area contributed by atoms with Crippen LogP contribution in [0.5, 0.6) is 0 Å². The van der Waals surface area contributed by atoms with E-state index in [1.54, 1.807) is 0 Å². The van der Waals surface area contributed by atoms with E-state index >= 15 is 0 Å². The number of nitrogens with one attached hydrogen (secondary N) is 1. The summed E-state index contributed by atoms with van der Waals surface area (Å²) in [5.74, 6) is -0.374. The zero-order valence-corrected chi connectivity index (χ0v) is 16.5. The molecular formula is C18H15Br2N2O3+. The third-order valence-electron chi connectivity index (χ3n) is 3.80. The summed E-state index contributed by atoms with van der Waals surface area (Å²) in [6.07, 6.45) is 0. The van der Waals surface area contributed by atoms with Crippen LogP contribution in [0.4, 0.5) is 0 Å². The molecule has 2 aromatic carbocycles. The number of halogens is 2. The third kappa shape index (κ3) is 3.67. The highest BCUT2D eigenvalue weighted by Crippen LogP contribution is 2.32. The smallest absolute Gasteiger partial charge is 0.286 e. The molecule has 25 heavy (non-hydrogen) atoms. The number of aromatic amines is 1. The molecule has 0 amide bonds. The van der Waals surface area contributed by atoms with Crippen molar-refractivity contribution < 1.29 is 14.0 Å². The summed E-state index contributed by atoms with van der Waals surface area (Å²) >= 11 is 6.95. The predicted octanol–water partition coefficient (Wildman–Crippen LogP) is 3.64. The standard InChI is InChI=1S/C18H14Br2N2O3/c1-11-7-9-13(10-8-11)22-16(18(24)25-21-22)17(23)15(20)14(19)12-5-3-2-4-6-12/h2-10,14-15H,1H3/p+1. The van der Waals surface area contributed by atoms with Gasteiger partial charge in [0.15, 0.2) is 0 Å². The average molecular weight is 467 g/mol. The van der Waals surface area contributed by atoms with Gasteiger partial charge >= 0.3 is 11.3 Å². The van der Waals surface area contributed by atoms with E-state index in [-0.39, 0.29) is 16.3 Å². The van der Waals surface area contributed by atoms with Crippen LogP contribution >= 0.6 is 31.9 Å². The number of carbonyl (C=O) groups excluding carboxylic acids is 1. The van der Waals surface area contributed by atoms with Gasteiger partial charge in [-0.05, 0) is 22.4 Å². The molecule has 1 heterocycles. The van der Waals surface area contributed by atoms with Gasteiger partial charge in [0.2, 0.25) is 5.69 Å². The van der Waals surface area contributed by atoms with Crippen molar-refractivity contribution in [3.05, 3.63) is 81.8 Å². The number of Topliss-reactive ketones (excluding diaryl/α,β-unsaturated/α-hetero) is 1. The van der Waals surface area contributed by atoms with Crippen molar-refractivity contribution in [1.29, 1.82) is 0 Å². The molecule has 0 saturated heterocycles. The maximum atomic E-state index is 12.9. The lowest BCUT2D eigenvalue weighted by molar-refractivity contribution is -0.672. The first-order valence-electron chi connectivity index (χ1n) is 7.57. The molecular weight excluding hydrogens is 452 g/mol. The Bertz CT molecular complexity index is 933. The number of aromatic nitrogens is 2. The molecule has 3 aromatic rings. The van der Waals surface area contributed by atoms with Crippen molar-refractivity contribution in [3.63, 3.8) is 0 Å². The summed E-state index contributed by atoms with van der Waals surface area (Å²) in [4.78, 5) is 24.1. The van der Waals surface area contributed by atoms with Crippen LogP contribution < -0.4 is 10.3 Å². The quantitative estimate of drug-likeness (QED) is 0.354. The molecule has 5 nitrogen and oxygen atoms in total. The van der Waals surface area contributed by atoms with Crippen LogP contribution in [-0.4, -0.2) is 15.9 Å². The molecule has 0 aliphatic carbocycles. The van der Waals surface area contributed by atoms with Crippen molar-refractivity contribution in [2.24, 2.45) is 0 Å². The van der Waals surface area contributed by atoms with Gasteiger partial charge in [-0.1, -0.05) is 79.9 Å². The summed E-state index contributed by atoms with van der Waals surface area (Å²) in [5, 5.41) is 2.50. The van der Waals surface area contributed by atoms with E-state index in [0.29, 0.717) is 5.69 Å². The SMILES string of the molecule is Cc1ccc(-[n+]2[nH]oc(=O)c2C(=O)C(Br)C(Br)c2ccccc2)cc1. The van der Waals surface area contributed by atoms with Gasteiger partial charge in [0, 0.05) is 12.1 Å². The molecule has 2 unspecified atom stereocenters. The van der Waals surface area contributed by atoms with E-state index in [0.717, 1.165) is 11.1 Å². The number of benzene rings is 2. The van der Waals surface area contributed by atoms with Crippen LogP contribution in [0.15, 0.2) is 63.9 Å². The van der Waals surface area contributed by atoms with Gasteiger partial charge in [0.25, 0.3) is 5.78 Å². The number of carbonyl (C=O) groups is 1. The van der Waals surface area contributed by atoms with E-state index in [1.807, 2.05) is 61.5 Å². The number of H-pyrrole nitrogens is 1. The second kappa shape index (κ2) is 7.49. The fourth-order valence-corrected chi connectivity index (χ4v) is 3.50. The molecule has 0 aliphatic heterocycles. The van der Waals surface area contributed by atoms with Crippen molar-refractivity contribution in [2.45, 2.75) is 16.6 Å². The Hall–Kier alpha value is -1.99. The normalized spacial score (nSPS) is 13.4.